The van der Waals surface area contributed by atoms with Gasteiger partial charge in [-0.25, -0.2) is 0 Å². The van der Waals surface area contributed by atoms with Crippen LogP contribution >= 0.6 is 11.6 Å². The molecule has 34 heavy (non-hydrogen) atoms. The zero-order valence-corrected chi connectivity index (χ0v) is 19.6. The normalized spacial score (nSPS) is 15.2. The first-order chi connectivity index (χ1) is 16.5. The average Bonchev–Trinajstić information content (AvgIpc) is 2.85. The van der Waals surface area contributed by atoms with Gasteiger partial charge in [-0.1, -0.05) is 29.8 Å². The Morgan fingerprint density at radius 2 is 1.71 bits per heavy atom. The lowest BCUT2D eigenvalue weighted by molar-refractivity contribution is -0.118. The fourth-order valence-electron chi connectivity index (χ4n) is 4.55. The van der Waals surface area contributed by atoms with Crippen molar-refractivity contribution in [3.63, 3.8) is 0 Å². The number of carbonyl (C=O) groups is 1. The summed E-state index contributed by atoms with van der Waals surface area (Å²) in [5, 5.41) is 0.659. The van der Waals surface area contributed by atoms with Gasteiger partial charge in [-0.3, -0.25) is 9.78 Å². The molecule has 0 spiro atoms. The van der Waals surface area contributed by atoms with E-state index in [0.717, 1.165) is 34.6 Å². The summed E-state index contributed by atoms with van der Waals surface area (Å²) in [6, 6.07) is 25.3. The molecule has 170 valence electrons. The number of anilines is 3. The van der Waals surface area contributed by atoms with E-state index in [9.17, 15) is 4.79 Å². The van der Waals surface area contributed by atoms with E-state index in [2.05, 4.69) is 29.1 Å². The number of carbonyl (C=O) groups excluding carboxylic acids is 1. The highest BCUT2D eigenvalue weighted by molar-refractivity contribution is 6.30. The largest absolute Gasteiger partial charge is 0.399 e. The Labute approximate surface area is 204 Å². The molecule has 0 radical (unpaired) electrons. The monoisotopic (exact) mass is 468 g/mol. The van der Waals surface area contributed by atoms with Gasteiger partial charge >= 0.3 is 0 Å². The Balaban J connectivity index is 1.50. The van der Waals surface area contributed by atoms with Crippen molar-refractivity contribution < 1.29 is 4.79 Å². The summed E-state index contributed by atoms with van der Waals surface area (Å²) in [6.45, 7) is 0.768. The Morgan fingerprint density at radius 1 is 1.00 bits per heavy atom. The number of hydrogen-bond donors (Lipinski definition) is 1. The third-order valence-electron chi connectivity index (χ3n) is 6.26. The number of fused-ring (bicyclic) bond motifs is 1. The third-order valence-corrected chi connectivity index (χ3v) is 6.51. The van der Waals surface area contributed by atoms with Gasteiger partial charge in [0.05, 0.1) is 12.5 Å². The van der Waals surface area contributed by atoms with Gasteiger partial charge in [0.25, 0.3) is 0 Å². The van der Waals surface area contributed by atoms with Gasteiger partial charge in [0.1, 0.15) is 0 Å². The van der Waals surface area contributed by atoms with Crippen LogP contribution in [0.1, 0.15) is 28.3 Å². The molecule has 0 aliphatic carbocycles. The molecule has 2 heterocycles. The van der Waals surface area contributed by atoms with Gasteiger partial charge in [0.2, 0.25) is 5.91 Å². The maximum absolute atomic E-state index is 13.4. The van der Waals surface area contributed by atoms with Crippen molar-refractivity contribution in [3.8, 4) is 0 Å². The molecule has 0 fully saturated rings. The number of aromatic nitrogens is 1. The third kappa shape index (κ3) is 4.35. The summed E-state index contributed by atoms with van der Waals surface area (Å²) >= 11 is 6.15. The molecule has 1 aromatic heterocycles. The first-order valence-corrected chi connectivity index (χ1v) is 11.5. The highest BCUT2D eigenvalue weighted by atomic mass is 35.5. The molecule has 1 aliphatic rings. The molecular weight excluding hydrogens is 444 g/mol. The number of halogens is 1. The first kappa shape index (κ1) is 22.0. The van der Waals surface area contributed by atoms with Gasteiger partial charge < -0.3 is 15.5 Å². The molecule has 1 aliphatic heterocycles. The minimum absolute atomic E-state index is 0.0510. The van der Waals surface area contributed by atoms with Crippen LogP contribution in [0, 0.1) is 0 Å². The maximum Gasteiger partial charge on any atom is 0.232 e. The summed E-state index contributed by atoms with van der Waals surface area (Å²) < 4.78 is 0. The van der Waals surface area contributed by atoms with E-state index in [0.29, 0.717) is 17.1 Å². The van der Waals surface area contributed by atoms with Crippen molar-refractivity contribution >= 4 is 34.6 Å². The second-order valence-electron chi connectivity index (χ2n) is 8.58. The maximum atomic E-state index is 13.4. The van der Waals surface area contributed by atoms with Crippen molar-refractivity contribution in [2.75, 3.05) is 22.6 Å². The fourth-order valence-corrected chi connectivity index (χ4v) is 4.67. The van der Waals surface area contributed by atoms with Crippen LogP contribution in [0.2, 0.25) is 5.02 Å². The summed E-state index contributed by atoms with van der Waals surface area (Å²) in [5.41, 5.74) is 13.0. The van der Waals surface area contributed by atoms with Crippen molar-refractivity contribution in [1.82, 2.24) is 4.98 Å². The van der Waals surface area contributed by atoms with Crippen molar-refractivity contribution in [1.29, 1.82) is 0 Å². The fraction of sp³-hybridized carbons (Fsp3) is 0.143. The minimum atomic E-state index is -0.280. The second-order valence-corrected chi connectivity index (χ2v) is 9.02. The van der Waals surface area contributed by atoms with Crippen LogP contribution < -0.4 is 15.5 Å². The van der Waals surface area contributed by atoms with E-state index in [1.54, 1.807) is 12.4 Å². The smallest absolute Gasteiger partial charge is 0.232 e. The molecule has 4 aromatic rings. The van der Waals surface area contributed by atoms with Gasteiger partial charge in [0.15, 0.2) is 0 Å². The van der Waals surface area contributed by atoms with Crippen molar-refractivity contribution in [2.24, 2.45) is 0 Å². The molecule has 0 bridgehead atoms. The molecule has 1 atom stereocenters. The molecule has 5 rings (SSSR count). The molecule has 3 aromatic carbocycles. The number of amides is 1. The molecule has 6 heteroatoms. The number of nitrogens with two attached hydrogens (primary N) is 1. The Hall–Kier alpha value is -3.83. The number of nitrogen functional groups attached to an aromatic ring is 1. The Morgan fingerprint density at radius 3 is 2.41 bits per heavy atom. The predicted octanol–water partition coefficient (Wildman–Crippen LogP) is 5.63. The summed E-state index contributed by atoms with van der Waals surface area (Å²) in [5.74, 6) is 0.0510. The van der Waals surface area contributed by atoms with Crippen molar-refractivity contribution in [3.05, 3.63) is 119 Å². The van der Waals surface area contributed by atoms with Crippen molar-refractivity contribution in [2.45, 2.75) is 19.0 Å². The van der Waals surface area contributed by atoms with E-state index in [4.69, 9.17) is 17.3 Å². The molecule has 1 unspecified atom stereocenters. The number of rotatable bonds is 5. The summed E-state index contributed by atoms with van der Waals surface area (Å²) in [6.07, 6.45) is 3.94. The summed E-state index contributed by atoms with van der Waals surface area (Å²) in [4.78, 5) is 21.5. The molecule has 0 saturated heterocycles. The SMILES string of the molecule is CN(Cc1ccncc1)c1ccc(N2C(=O)Cc3ccc(N)cc3C2c2ccc(Cl)cc2)cc1. The number of benzene rings is 3. The molecule has 2 N–H and O–H groups in total. The molecular formula is C28H25ClN4O. The highest BCUT2D eigenvalue weighted by Crippen LogP contribution is 2.40. The molecule has 1 amide bonds. The minimum Gasteiger partial charge on any atom is -0.399 e. The van der Waals surface area contributed by atoms with Crippen LogP contribution in [0.4, 0.5) is 17.1 Å². The van der Waals surface area contributed by atoms with E-state index >= 15 is 0 Å². The van der Waals surface area contributed by atoms with Crippen LogP contribution in [0.15, 0.2) is 91.3 Å². The van der Waals surface area contributed by atoms with Crippen LogP contribution in [0.3, 0.4) is 0 Å². The van der Waals surface area contributed by atoms with Crippen LogP contribution in [-0.4, -0.2) is 17.9 Å². The number of pyridine rings is 1. The zero-order valence-electron chi connectivity index (χ0n) is 18.9. The topological polar surface area (TPSA) is 62.5 Å². The second kappa shape index (κ2) is 9.20. The first-order valence-electron chi connectivity index (χ1n) is 11.2. The average molecular weight is 469 g/mol. The van der Waals surface area contributed by atoms with E-state index in [-0.39, 0.29) is 11.9 Å². The van der Waals surface area contributed by atoms with Gasteiger partial charge in [0, 0.05) is 48.1 Å². The van der Waals surface area contributed by atoms with E-state index in [1.165, 1.54) is 5.56 Å². The Bertz CT molecular complexity index is 1310. The quantitative estimate of drug-likeness (QED) is 0.385. The van der Waals surface area contributed by atoms with Gasteiger partial charge in [-0.15, -0.1) is 0 Å². The van der Waals surface area contributed by atoms with Gasteiger partial charge in [-0.2, -0.15) is 0 Å². The lowest BCUT2D eigenvalue weighted by Gasteiger charge is -2.38. The number of nitrogens with zero attached hydrogens (tertiary/aromatic N) is 3. The van der Waals surface area contributed by atoms with E-state index < -0.39 is 0 Å². The van der Waals surface area contributed by atoms with E-state index in [1.807, 2.05) is 71.6 Å². The summed E-state index contributed by atoms with van der Waals surface area (Å²) in [7, 11) is 2.05. The zero-order chi connectivity index (χ0) is 23.7. The predicted molar refractivity (Wildman–Crippen MR) is 138 cm³/mol. The number of hydrogen-bond acceptors (Lipinski definition) is 4. The standard InChI is InChI=1S/C28H25ClN4O/c1-32(18-19-12-14-31-15-13-19)24-8-10-25(11-9-24)33-27(34)16-21-4-7-23(30)17-26(21)28(33)20-2-5-22(29)6-3-20/h2-15,17,28H,16,18,30H2,1H3. The van der Waals surface area contributed by atoms with Crippen LogP contribution in [0.5, 0.6) is 0 Å². The van der Waals surface area contributed by atoms with Crippen LogP contribution in [-0.2, 0) is 17.8 Å². The van der Waals surface area contributed by atoms with Crippen LogP contribution in [0.25, 0.3) is 0 Å². The lowest BCUT2D eigenvalue weighted by atomic mass is 9.87. The lowest BCUT2D eigenvalue weighted by Crippen LogP contribution is -2.41. The highest BCUT2D eigenvalue weighted by Gasteiger charge is 2.34. The van der Waals surface area contributed by atoms with Gasteiger partial charge in [-0.05, 0) is 82.9 Å². The molecule has 5 nitrogen and oxygen atoms in total. The molecule has 0 saturated carbocycles. The Kier molecular flexibility index (Phi) is 5.95.